The van der Waals surface area contributed by atoms with Crippen molar-refractivity contribution in [3.8, 4) is 0 Å². The second-order valence-electron chi connectivity index (χ2n) is 4.87. The van der Waals surface area contributed by atoms with E-state index in [2.05, 4.69) is 38.9 Å². The third-order valence-corrected chi connectivity index (χ3v) is 3.35. The molecular formula is C12H20N6O. The van der Waals surface area contributed by atoms with Crippen LogP contribution in [0.25, 0.3) is 0 Å². The summed E-state index contributed by atoms with van der Waals surface area (Å²) < 4.78 is 0. The van der Waals surface area contributed by atoms with Crippen LogP contribution in [0.2, 0.25) is 0 Å². The Morgan fingerprint density at radius 2 is 2.16 bits per heavy atom. The molecule has 0 radical (unpaired) electrons. The van der Waals surface area contributed by atoms with Gasteiger partial charge in [-0.15, -0.1) is 0 Å². The summed E-state index contributed by atoms with van der Waals surface area (Å²) in [4.78, 5) is 13.0. The second kappa shape index (κ2) is 5.83. The van der Waals surface area contributed by atoms with Crippen LogP contribution in [0.1, 0.15) is 19.0 Å². The molecule has 1 atom stereocenters. The number of oxime groups is 1. The predicted molar refractivity (Wildman–Crippen MR) is 73.5 cm³/mol. The van der Waals surface area contributed by atoms with Crippen molar-refractivity contribution in [3.63, 3.8) is 0 Å². The van der Waals surface area contributed by atoms with E-state index in [1.54, 1.807) is 12.4 Å². The van der Waals surface area contributed by atoms with Crippen molar-refractivity contribution in [2.24, 2.45) is 10.9 Å². The van der Waals surface area contributed by atoms with Crippen molar-refractivity contribution in [2.45, 2.75) is 19.4 Å². The van der Waals surface area contributed by atoms with Crippen molar-refractivity contribution >= 4 is 11.7 Å². The van der Waals surface area contributed by atoms with Gasteiger partial charge in [-0.1, -0.05) is 5.16 Å². The molecule has 2 rings (SSSR count). The first-order valence-electron chi connectivity index (χ1n) is 6.37. The zero-order valence-corrected chi connectivity index (χ0v) is 11.3. The zero-order chi connectivity index (χ0) is 13.8. The molecule has 1 aliphatic rings. The summed E-state index contributed by atoms with van der Waals surface area (Å²) in [5, 5.41) is 11.9. The van der Waals surface area contributed by atoms with Crippen LogP contribution in [-0.4, -0.2) is 58.6 Å². The minimum absolute atomic E-state index is 0.00657. The fourth-order valence-electron chi connectivity index (χ4n) is 2.46. The highest BCUT2D eigenvalue weighted by molar-refractivity contribution is 5.99. The molecule has 1 unspecified atom stereocenters. The second-order valence-corrected chi connectivity index (χ2v) is 4.87. The highest BCUT2D eigenvalue weighted by atomic mass is 16.4. The minimum Gasteiger partial charge on any atom is -0.409 e. The molecule has 7 nitrogen and oxygen atoms in total. The van der Waals surface area contributed by atoms with Gasteiger partial charge >= 0.3 is 0 Å². The number of likely N-dealkylation sites (N-methyl/N-ethyl adjacent to an activating group) is 1. The van der Waals surface area contributed by atoms with Crippen molar-refractivity contribution in [2.75, 3.05) is 31.6 Å². The van der Waals surface area contributed by atoms with Gasteiger partial charge in [-0.25, -0.2) is 9.97 Å². The summed E-state index contributed by atoms with van der Waals surface area (Å²) >= 11 is 0. The summed E-state index contributed by atoms with van der Waals surface area (Å²) in [5.41, 5.74) is 6.11. The van der Waals surface area contributed by atoms with Gasteiger partial charge in [-0.3, -0.25) is 0 Å². The van der Waals surface area contributed by atoms with Crippen LogP contribution in [0.4, 0.5) is 5.82 Å². The van der Waals surface area contributed by atoms with Crippen molar-refractivity contribution in [3.05, 3.63) is 18.1 Å². The minimum atomic E-state index is -0.00657. The normalized spacial score (nSPS) is 22.3. The first-order chi connectivity index (χ1) is 9.13. The van der Waals surface area contributed by atoms with E-state index in [9.17, 15) is 0 Å². The summed E-state index contributed by atoms with van der Waals surface area (Å²) in [6, 6.07) is 0.300. The van der Waals surface area contributed by atoms with Gasteiger partial charge in [-0.2, -0.15) is 0 Å². The molecular weight excluding hydrogens is 244 g/mol. The van der Waals surface area contributed by atoms with Gasteiger partial charge in [0.05, 0.1) is 0 Å². The summed E-state index contributed by atoms with van der Waals surface area (Å²) in [7, 11) is 2.11. The summed E-state index contributed by atoms with van der Waals surface area (Å²) in [6.07, 6.45) is 4.23. The number of hydrogen-bond acceptors (Lipinski definition) is 6. The molecule has 3 N–H and O–H groups in total. The lowest BCUT2D eigenvalue weighted by Crippen LogP contribution is -2.39. The third-order valence-electron chi connectivity index (χ3n) is 3.35. The predicted octanol–water partition coefficient (Wildman–Crippen LogP) is 0.102. The Balaban J connectivity index is 2.35. The molecule has 0 aromatic carbocycles. The number of anilines is 1. The van der Waals surface area contributed by atoms with Crippen LogP contribution < -0.4 is 10.6 Å². The quantitative estimate of drug-likeness (QED) is 0.341. The number of aromatic nitrogens is 2. The van der Waals surface area contributed by atoms with Gasteiger partial charge in [0.1, 0.15) is 0 Å². The first kappa shape index (κ1) is 13.5. The van der Waals surface area contributed by atoms with E-state index in [-0.39, 0.29) is 5.84 Å². The fraction of sp³-hybridized carbons (Fsp3) is 0.583. The molecule has 1 aliphatic heterocycles. The average molecular weight is 264 g/mol. The Bertz CT molecular complexity index is 463. The average Bonchev–Trinajstić information content (AvgIpc) is 2.58. The van der Waals surface area contributed by atoms with E-state index < -0.39 is 0 Å². The highest BCUT2D eigenvalue weighted by Gasteiger charge is 2.24. The number of hydrogen-bond donors (Lipinski definition) is 2. The molecule has 0 amide bonds. The largest absolute Gasteiger partial charge is 0.409 e. The van der Waals surface area contributed by atoms with E-state index in [1.807, 2.05) is 0 Å². The van der Waals surface area contributed by atoms with E-state index in [0.29, 0.717) is 17.6 Å². The standard InChI is InChI=1S/C12H20N6O/c1-9-8-17(2)6-3-7-18(9)12-10(11(13)16-19)14-4-5-15-12/h4-5,9,19H,3,6-8H2,1-2H3,(H2,13,16). The lowest BCUT2D eigenvalue weighted by molar-refractivity contribution is 0.318. The molecule has 1 aromatic rings. The van der Waals surface area contributed by atoms with Crippen molar-refractivity contribution < 1.29 is 5.21 Å². The molecule has 0 aliphatic carbocycles. The van der Waals surface area contributed by atoms with Crippen LogP contribution >= 0.6 is 0 Å². The highest BCUT2D eigenvalue weighted by Crippen LogP contribution is 2.20. The number of nitrogens with two attached hydrogens (primary N) is 1. The monoisotopic (exact) mass is 264 g/mol. The van der Waals surface area contributed by atoms with E-state index in [4.69, 9.17) is 10.9 Å². The maximum absolute atomic E-state index is 8.84. The van der Waals surface area contributed by atoms with Crippen molar-refractivity contribution in [1.82, 2.24) is 14.9 Å². The van der Waals surface area contributed by atoms with Gasteiger partial charge in [0.25, 0.3) is 0 Å². The zero-order valence-electron chi connectivity index (χ0n) is 11.3. The molecule has 7 heteroatoms. The van der Waals surface area contributed by atoms with Gasteiger partial charge in [0.15, 0.2) is 17.3 Å². The van der Waals surface area contributed by atoms with E-state index >= 15 is 0 Å². The number of nitrogens with zero attached hydrogens (tertiary/aromatic N) is 5. The molecule has 104 valence electrons. The van der Waals surface area contributed by atoms with Gasteiger partial charge in [0.2, 0.25) is 0 Å². The molecule has 0 spiro atoms. The van der Waals surface area contributed by atoms with Crippen molar-refractivity contribution in [1.29, 1.82) is 0 Å². The van der Waals surface area contributed by atoms with Crippen LogP contribution in [0.5, 0.6) is 0 Å². The lowest BCUT2D eigenvalue weighted by atomic mass is 10.2. The molecule has 0 saturated carbocycles. The smallest absolute Gasteiger partial charge is 0.192 e. The maximum atomic E-state index is 8.84. The van der Waals surface area contributed by atoms with Crippen LogP contribution in [-0.2, 0) is 0 Å². The Kier molecular flexibility index (Phi) is 4.16. The molecule has 0 bridgehead atoms. The summed E-state index contributed by atoms with van der Waals surface area (Å²) in [6.45, 7) is 5.04. The summed E-state index contributed by atoms with van der Waals surface area (Å²) in [5.74, 6) is 0.675. The Hall–Kier alpha value is -1.89. The third kappa shape index (κ3) is 2.93. The Morgan fingerprint density at radius 3 is 2.89 bits per heavy atom. The fourth-order valence-corrected chi connectivity index (χ4v) is 2.46. The van der Waals surface area contributed by atoms with Crippen LogP contribution in [0.15, 0.2) is 17.5 Å². The Morgan fingerprint density at radius 1 is 1.42 bits per heavy atom. The number of rotatable bonds is 2. The molecule has 19 heavy (non-hydrogen) atoms. The molecule has 2 heterocycles. The number of amidine groups is 1. The van der Waals surface area contributed by atoms with Gasteiger partial charge < -0.3 is 20.7 Å². The SMILES string of the molecule is CC1CN(C)CCCN1c1nccnc1C(N)=NO. The topological polar surface area (TPSA) is 90.9 Å². The lowest BCUT2D eigenvalue weighted by Gasteiger charge is -2.29. The van der Waals surface area contributed by atoms with Gasteiger partial charge in [0, 0.05) is 31.5 Å². The van der Waals surface area contributed by atoms with Crippen LogP contribution in [0.3, 0.4) is 0 Å². The molecule has 1 saturated heterocycles. The molecule has 1 aromatic heterocycles. The first-order valence-corrected chi connectivity index (χ1v) is 6.37. The molecule has 1 fully saturated rings. The Labute approximate surface area is 112 Å². The van der Waals surface area contributed by atoms with E-state index in [0.717, 1.165) is 26.1 Å². The van der Waals surface area contributed by atoms with Crippen LogP contribution in [0, 0.1) is 0 Å². The maximum Gasteiger partial charge on any atom is 0.192 e. The van der Waals surface area contributed by atoms with E-state index in [1.165, 1.54) is 0 Å². The van der Waals surface area contributed by atoms with Gasteiger partial charge in [-0.05, 0) is 26.9 Å².